The quantitative estimate of drug-likeness (QED) is 0.612. The zero-order valence-corrected chi connectivity index (χ0v) is 15.5. The summed E-state index contributed by atoms with van der Waals surface area (Å²) >= 11 is 1.36. The first kappa shape index (κ1) is 17.9. The van der Waals surface area contributed by atoms with E-state index in [-0.39, 0.29) is 6.79 Å². The van der Waals surface area contributed by atoms with E-state index in [9.17, 15) is 19.5 Å². The Kier molecular flexibility index (Phi) is 4.00. The molecule has 9 nitrogen and oxygen atoms in total. The van der Waals surface area contributed by atoms with Crippen molar-refractivity contribution in [3.8, 4) is 11.5 Å². The summed E-state index contributed by atoms with van der Waals surface area (Å²) in [5.41, 5.74) is 6.57. The van der Waals surface area contributed by atoms with Gasteiger partial charge in [-0.1, -0.05) is 6.07 Å². The van der Waals surface area contributed by atoms with E-state index in [4.69, 9.17) is 15.2 Å². The van der Waals surface area contributed by atoms with Gasteiger partial charge in [0, 0.05) is 4.75 Å². The van der Waals surface area contributed by atoms with Crippen LogP contribution in [0.4, 0.5) is 0 Å². The van der Waals surface area contributed by atoms with Gasteiger partial charge in [0.2, 0.25) is 18.6 Å². The first-order valence-corrected chi connectivity index (χ1v) is 9.27. The van der Waals surface area contributed by atoms with Crippen molar-refractivity contribution in [3.63, 3.8) is 0 Å². The van der Waals surface area contributed by atoms with Crippen LogP contribution >= 0.6 is 11.8 Å². The average Bonchev–Trinajstić information content (AvgIpc) is 3.18. The minimum absolute atomic E-state index is 0.117. The van der Waals surface area contributed by atoms with Crippen molar-refractivity contribution in [2.45, 2.75) is 42.1 Å². The normalized spacial score (nSPS) is 28.3. The van der Waals surface area contributed by atoms with Crippen LogP contribution in [0.1, 0.15) is 25.5 Å². The number of hydrogen-bond donors (Lipinski definition) is 3. The second-order valence-electron chi connectivity index (χ2n) is 7.17. The fourth-order valence-corrected chi connectivity index (χ4v) is 5.27. The zero-order valence-electron chi connectivity index (χ0n) is 14.7. The smallest absolute Gasteiger partial charge is 0.327 e. The van der Waals surface area contributed by atoms with Gasteiger partial charge < -0.3 is 30.5 Å². The van der Waals surface area contributed by atoms with E-state index in [0.29, 0.717) is 17.1 Å². The number of rotatable bonds is 4. The number of nitrogens with two attached hydrogens (primary N) is 1. The molecule has 3 aliphatic heterocycles. The largest absolute Gasteiger partial charge is 0.480 e. The van der Waals surface area contributed by atoms with E-state index in [2.05, 4.69) is 5.32 Å². The Morgan fingerprint density at radius 3 is 2.78 bits per heavy atom. The van der Waals surface area contributed by atoms with Crippen LogP contribution in [0, 0.1) is 0 Å². The third-order valence-corrected chi connectivity index (χ3v) is 6.58. The Morgan fingerprint density at radius 2 is 2.07 bits per heavy atom. The first-order valence-electron chi connectivity index (χ1n) is 8.39. The molecule has 1 aromatic rings. The molecule has 4 rings (SSSR count). The molecule has 0 spiro atoms. The molecule has 10 heteroatoms. The fourth-order valence-electron chi connectivity index (χ4n) is 3.65. The number of amides is 2. The molecule has 2 saturated heterocycles. The molecule has 0 aliphatic carbocycles. The van der Waals surface area contributed by atoms with Crippen LogP contribution in [0.25, 0.3) is 0 Å². The lowest BCUT2D eigenvalue weighted by molar-refractivity contribution is -0.161. The van der Waals surface area contributed by atoms with Crippen LogP contribution < -0.4 is 20.5 Å². The molecule has 0 saturated carbocycles. The molecule has 4 N–H and O–H groups in total. The number of ether oxygens (including phenoxy) is 2. The molecule has 0 aromatic heterocycles. The van der Waals surface area contributed by atoms with Crippen molar-refractivity contribution in [3.05, 3.63) is 23.8 Å². The van der Waals surface area contributed by atoms with Gasteiger partial charge >= 0.3 is 5.97 Å². The van der Waals surface area contributed by atoms with Gasteiger partial charge in [0.15, 0.2) is 11.5 Å². The standard InChI is InChI=1S/C17H19N3O6S/c1-17(2)12(16(23)24)20-14(22)11(15(20)27-17)19-13(21)10(18)7-3-4-8-9(5-7)26-6-25-8/h3-5,10-12,15H,6,18H2,1-2H3,(H,19,21)(H,23,24)/t10?,11?,12-,15+/m0/s1. The number of carbonyl (C=O) groups excluding carboxylic acids is 2. The highest BCUT2D eigenvalue weighted by Crippen LogP contribution is 2.50. The highest BCUT2D eigenvalue weighted by molar-refractivity contribution is 8.01. The van der Waals surface area contributed by atoms with Crippen LogP contribution in [0.5, 0.6) is 11.5 Å². The molecule has 27 heavy (non-hydrogen) atoms. The molecular weight excluding hydrogens is 374 g/mol. The summed E-state index contributed by atoms with van der Waals surface area (Å²) in [6.07, 6.45) is 0. The molecule has 2 fully saturated rings. The summed E-state index contributed by atoms with van der Waals surface area (Å²) in [5, 5.41) is 11.7. The summed E-state index contributed by atoms with van der Waals surface area (Å²) in [6.45, 7) is 3.67. The second-order valence-corrected chi connectivity index (χ2v) is 8.95. The monoisotopic (exact) mass is 393 g/mol. The molecule has 2 unspecified atom stereocenters. The molecule has 3 aliphatic rings. The molecule has 4 atom stereocenters. The van der Waals surface area contributed by atoms with E-state index in [1.165, 1.54) is 16.7 Å². The molecule has 1 aromatic carbocycles. The number of β-lactam (4-membered cyclic amide) rings is 1. The maximum atomic E-state index is 12.6. The number of carboxylic acid groups (broad SMARTS) is 1. The van der Waals surface area contributed by atoms with E-state index < -0.39 is 46.0 Å². The van der Waals surface area contributed by atoms with E-state index in [1.807, 2.05) is 0 Å². The third kappa shape index (κ3) is 2.71. The van der Waals surface area contributed by atoms with Crippen molar-refractivity contribution in [2.75, 3.05) is 6.79 Å². The Hall–Kier alpha value is -2.46. The molecule has 0 radical (unpaired) electrons. The van der Waals surface area contributed by atoms with Crippen LogP contribution in [0.2, 0.25) is 0 Å². The number of benzene rings is 1. The predicted octanol–water partition coefficient (Wildman–Crippen LogP) is 0.0468. The SMILES string of the molecule is CC1(C)S[C@@H]2C(NC(=O)C(N)c3ccc4c(c3)OCO4)C(=O)N2[C@H]1C(=O)O. The van der Waals surface area contributed by atoms with Crippen LogP contribution in [-0.2, 0) is 14.4 Å². The average molecular weight is 393 g/mol. The molecule has 0 bridgehead atoms. The van der Waals surface area contributed by atoms with Gasteiger partial charge in [0.25, 0.3) is 0 Å². The zero-order chi connectivity index (χ0) is 19.5. The first-order chi connectivity index (χ1) is 12.7. The van der Waals surface area contributed by atoms with Crippen molar-refractivity contribution in [1.29, 1.82) is 0 Å². The fraction of sp³-hybridized carbons (Fsp3) is 0.471. The van der Waals surface area contributed by atoms with Gasteiger partial charge in [-0.3, -0.25) is 9.59 Å². The minimum atomic E-state index is -1.05. The lowest BCUT2D eigenvalue weighted by Crippen LogP contribution is -2.71. The number of nitrogens with one attached hydrogen (secondary N) is 1. The number of hydrogen-bond acceptors (Lipinski definition) is 7. The van der Waals surface area contributed by atoms with Gasteiger partial charge in [0.05, 0.1) is 0 Å². The number of fused-ring (bicyclic) bond motifs is 2. The van der Waals surface area contributed by atoms with Crippen molar-refractivity contribution in [1.82, 2.24) is 10.2 Å². The number of carboxylic acids is 1. The van der Waals surface area contributed by atoms with Crippen LogP contribution in [0.15, 0.2) is 18.2 Å². The number of aliphatic carboxylic acids is 1. The predicted molar refractivity (Wildman–Crippen MR) is 95.2 cm³/mol. The molecule has 144 valence electrons. The topological polar surface area (TPSA) is 131 Å². The summed E-state index contributed by atoms with van der Waals surface area (Å²) in [7, 11) is 0. The van der Waals surface area contributed by atoms with E-state index >= 15 is 0 Å². The number of nitrogens with zero attached hydrogens (tertiary/aromatic N) is 1. The highest BCUT2D eigenvalue weighted by atomic mass is 32.2. The van der Waals surface area contributed by atoms with E-state index in [0.717, 1.165) is 0 Å². The Bertz CT molecular complexity index is 844. The summed E-state index contributed by atoms with van der Waals surface area (Å²) in [5.74, 6) is -0.870. The lowest BCUT2D eigenvalue weighted by Gasteiger charge is -2.43. The number of carbonyl (C=O) groups is 3. The Morgan fingerprint density at radius 1 is 1.37 bits per heavy atom. The molecular formula is C17H19N3O6S. The van der Waals surface area contributed by atoms with Gasteiger partial charge in [-0.05, 0) is 31.5 Å². The maximum Gasteiger partial charge on any atom is 0.327 e. The molecule has 2 amide bonds. The van der Waals surface area contributed by atoms with Crippen molar-refractivity contribution in [2.24, 2.45) is 5.73 Å². The van der Waals surface area contributed by atoms with Crippen molar-refractivity contribution >= 4 is 29.5 Å². The van der Waals surface area contributed by atoms with Crippen LogP contribution in [0.3, 0.4) is 0 Å². The van der Waals surface area contributed by atoms with Crippen LogP contribution in [-0.4, -0.2) is 56.8 Å². The number of thioether (sulfide) groups is 1. The Labute approximate surface area is 159 Å². The maximum absolute atomic E-state index is 12.6. The highest BCUT2D eigenvalue weighted by Gasteiger charge is 2.64. The summed E-state index contributed by atoms with van der Waals surface area (Å²) < 4.78 is 9.87. The van der Waals surface area contributed by atoms with Gasteiger partial charge in [-0.2, -0.15) is 0 Å². The third-order valence-electron chi connectivity index (χ3n) is 5.01. The van der Waals surface area contributed by atoms with Gasteiger partial charge in [0.1, 0.15) is 23.5 Å². The van der Waals surface area contributed by atoms with Crippen molar-refractivity contribution < 1.29 is 29.0 Å². The lowest BCUT2D eigenvalue weighted by atomic mass is 9.95. The second kappa shape index (κ2) is 6.03. The molecule has 3 heterocycles. The van der Waals surface area contributed by atoms with Gasteiger partial charge in [-0.15, -0.1) is 11.8 Å². The van der Waals surface area contributed by atoms with Gasteiger partial charge in [-0.25, -0.2) is 4.79 Å². The minimum Gasteiger partial charge on any atom is -0.480 e. The summed E-state index contributed by atoms with van der Waals surface area (Å²) in [4.78, 5) is 37.9. The Balaban J connectivity index is 1.46. The summed E-state index contributed by atoms with van der Waals surface area (Å²) in [6, 6.07) is 2.28. The van der Waals surface area contributed by atoms with E-state index in [1.54, 1.807) is 32.0 Å².